The van der Waals surface area contributed by atoms with Crippen molar-refractivity contribution in [1.82, 2.24) is 0 Å². The fourth-order valence-electron chi connectivity index (χ4n) is 3.81. The van der Waals surface area contributed by atoms with Crippen molar-refractivity contribution in [3.05, 3.63) is 12.7 Å². The molecule has 0 aromatic heterocycles. The molecule has 1 aliphatic carbocycles. The summed E-state index contributed by atoms with van der Waals surface area (Å²) >= 11 is 0. The van der Waals surface area contributed by atoms with Gasteiger partial charge in [-0.1, -0.05) is 6.58 Å². The number of carbonyl (C=O) groups is 1. The molecule has 0 spiro atoms. The van der Waals surface area contributed by atoms with Crippen LogP contribution in [0.4, 0.5) is 52.7 Å². The van der Waals surface area contributed by atoms with E-state index < -0.39 is 79.1 Å². The molecule has 1 fully saturated rings. The summed E-state index contributed by atoms with van der Waals surface area (Å²) in [5, 5.41) is 19.2. The zero-order valence-corrected chi connectivity index (χ0v) is 14.9. The second kappa shape index (κ2) is 7.71. The first kappa shape index (κ1) is 27.3. The van der Waals surface area contributed by atoms with Crippen LogP contribution in [0.2, 0.25) is 0 Å². The van der Waals surface area contributed by atoms with E-state index in [4.69, 9.17) is 0 Å². The average Bonchev–Trinajstić information content (AvgIpc) is 2.57. The van der Waals surface area contributed by atoms with Gasteiger partial charge in [0.2, 0.25) is 0 Å². The maximum absolute atomic E-state index is 13.4. The monoisotopic (exact) mass is 486 g/mol. The minimum Gasteiger partial charge on any atom is -0.459 e. The Labute approximate surface area is 165 Å². The molecule has 0 unspecified atom stereocenters. The lowest BCUT2D eigenvalue weighted by atomic mass is 9.53. The zero-order valence-electron chi connectivity index (χ0n) is 14.9. The van der Waals surface area contributed by atoms with Crippen LogP contribution in [0.1, 0.15) is 25.7 Å². The standard InChI is InChI=1S/C15H14F12O4/c1-2-8(28)31-7-3-5-9(6-4-7,10(29,12(16,17)18)13(19,20)21)11(30,14(22,23)24)15(25,26)27/h2,7,29-30H,1,3-6H2. The molecule has 1 aliphatic rings. The molecule has 16 heteroatoms. The number of hydrogen-bond donors (Lipinski definition) is 2. The third kappa shape index (κ3) is 3.96. The molecule has 4 nitrogen and oxygen atoms in total. The fraction of sp³-hybridized carbons (Fsp3) is 0.800. The van der Waals surface area contributed by atoms with Crippen LogP contribution in [0.3, 0.4) is 0 Å². The van der Waals surface area contributed by atoms with E-state index in [-0.39, 0.29) is 0 Å². The van der Waals surface area contributed by atoms with Gasteiger partial charge in [-0.05, 0) is 25.7 Å². The first-order chi connectivity index (χ1) is 13.5. The van der Waals surface area contributed by atoms with E-state index in [9.17, 15) is 67.7 Å². The molecular formula is C15H14F12O4. The van der Waals surface area contributed by atoms with Crippen LogP contribution in [0.25, 0.3) is 0 Å². The average molecular weight is 486 g/mol. The third-order valence-corrected chi connectivity index (χ3v) is 5.26. The zero-order chi connectivity index (χ0) is 24.9. The number of alkyl halides is 12. The Morgan fingerprint density at radius 1 is 0.774 bits per heavy atom. The van der Waals surface area contributed by atoms with Crippen molar-refractivity contribution in [2.24, 2.45) is 5.41 Å². The van der Waals surface area contributed by atoms with E-state index in [1.165, 1.54) is 0 Å². The topological polar surface area (TPSA) is 66.8 Å². The lowest BCUT2D eigenvalue weighted by molar-refractivity contribution is -0.480. The Morgan fingerprint density at radius 2 is 1.06 bits per heavy atom. The summed E-state index contributed by atoms with van der Waals surface area (Å²) in [6, 6.07) is 0. The number of halogens is 12. The molecule has 1 rings (SSSR count). The smallest absolute Gasteiger partial charge is 0.426 e. The predicted molar refractivity (Wildman–Crippen MR) is 75.1 cm³/mol. The van der Waals surface area contributed by atoms with E-state index in [0.717, 1.165) is 0 Å². The Balaban J connectivity index is 3.90. The molecule has 0 bridgehead atoms. The number of ether oxygens (including phenoxy) is 1. The summed E-state index contributed by atoms with van der Waals surface area (Å²) in [7, 11) is 0. The van der Waals surface area contributed by atoms with Crippen LogP contribution < -0.4 is 0 Å². The molecule has 0 amide bonds. The van der Waals surface area contributed by atoms with Crippen LogP contribution in [-0.2, 0) is 9.53 Å². The van der Waals surface area contributed by atoms with Gasteiger partial charge in [-0.25, -0.2) is 4.79 Å². The van der Waals surface area contributed by atoms with Crippen LogP contribution in [0.15, 0.2) is 12.7 Å². The molecule has 0 aromatic carbocycles. The maximum Gasteiger partial charge on any atom is 0.426 e. The molecule has 182 valence electrons. The highest BCUT2D eigenvalue weighted by Crippen LogP contribution is 2.68. The van der Waals surface area contributed by atoms with Gasteiger partial charge in [0, 0.05) is 6.08 Å². The van der Waals surface area contributed by atoms with Gasteiger partial charge in [0.1, 0.15) is 6.10 Å². The summed E-state index contributed by atoms with van der Waals surface area (Å²) in [6.45, 7) is 2.91. The molecule has 2 N–H and O–H groups in total. The van der Waals surface area contributed by atoms with E-state index in [1.807, 2.05) is 0 Å². The van der Waals surface area contributed by atoms with E-state index >= 15 is 0 Å². The van der Waals surface area contributed by atoms with Gasteiger partial charge in [0.15, 0.2) is 0 Å². The van der Waals surface area contributed by atoms with Crippen LogP contribution >= 0.6 is 0 Å². The molecule has 0 aliphatic heterocycles. The minimum absolute atomic E-state index is 0.478. The van der Waals surface area contributed by atoms with Crippen molar-refractivity contribution in [2.45, 2.75) is 67.7 Å². The second-order valence-electron chi connectivity index (χ2n) is 6.83. The normalized spacial score (nSPS) is 19.8. The fourth-order valence-corrected chi connectivity index (χ4v) is 3.81. The van der Waals surface area contributed by atoms with Crippen molar-refractivity contribution >= 4 is 5.97 Å². The molecule has 1 saturated carbocycles. The van der Waals surface area contributed by atoms with Gasteiger partial charge >= 0.3 is 30.7 Å². The Bertz CT molecular complexity index is 612. The Hall–Kier alpha value is -1.71. The summed E-state index contributed by atoms with van der Waals surface area (Å²) in [4.78, 5) is 11.1. The molecule has 0 atom stereocenters. The Morgan fingerprint density at radius 3 is 1.29 bits per heavy atom. The van der Waals surface area contributed by atoms with Crippen LogP contribution in [-0.4, -0.2) is 58.2 Å². The highest BCUT2D eigenvalue weighted by Gasteiger charge is 2.91. The summed E-state index contributed by atoms with van der Waals surface area (Å²) < 4.78 is 165. The summed E-state index contributed by atoms with van der Waals surface area (Å²) in [5.41, 5.74) is -18.6. The number of rotatable bonds is 4. The second-order valence-corrected chi connectivity index (χ2v) is 6.83. The quantitative estimate of drug-likeness (QED) is 0.352. The predicted octanol–water partition coefficient (Wildman–Crippen LogP) is 4.36. The molecule has 31 heavy (non-hydrogen) atoms. The molecular weight excluding hydrogens is 472 g/mol. The number of carbonyl (C=O) groups excluding carboxylic acids is 1. The summed E-state index contributed by atoms with van der Waals surface area (Å²) in [5.74, 6) is -1.30. The first-order valence-corrected chi connectivity index (χ1v) is 8.08. The van der Waals surface area contributed by atoms with Crippen molar-refractivity contribution in [1.29, 1.82) is 0 Å². The number of aliphatic hydroxyl groups is 2. The van der Waals surface area contributed by atoms with Gasteiger partial charge < -0.3 is 14.9 Å². The third-order valence-electron chi connectivity index (χ3n) is 5.26. The van der Waals surface area contributed by atoms with Crippen LogP contribution in [0, 0.1) is 5.41 Å². The lowest BCUT2D eigenvalue weighted by Crippen LogP contribution is -2.80. The summed E-state index contributed by atoms with van der Waals surface area (Å²) in [6.07, 6.45) is -37.1. The molecule has 0 saturated heterocycles. The van der Waals surface area contributed by atoms with Crippen molar-refractivity contribution < 1.29 is 72.4 Å². The van der Waals surface area contributed by atoms with Gasteiger partial charge in [0.25, 0.3) is 11.2 Å². The number of esters is 1. The highest BCUT2D eigenvalue weighted by atomic mass is 19.4. The van der Waals surface area contributed by atoms with Gasteiger partial charge in [-0.2, -0.15) is 52.7 Å². The van der Waals surface area contributed by atoms with Crippen LogP contribution in [0.5, 0.6) is 0 Å². The van der Waals surface area contributed by atoms with Crippen molar-refractivity contribution in [2.75, 3.05) is 0 Å². The number of hydrogen-bond acceptors (Lipinski definition) is 4. The van der Waals surface area contributed by atoms with E-state index in [2.05, 4.69) is 11.3 Å². The first-order valence-electron chi connectivity index (χ1n) is 8.08. The van der Waals surface area contributed by atoms with E-state index in [1.54, 1.807) is 0 Å². The highest BCUT2D eigenvalue weighted by molar-refractivity contribution is 5.81. The van der Waals surface area contributed by atoms with Gasteiger partial charge in [0.05, 0.1) is 5.41 Å². The van der Waals surface area contributed by atoms with E-state index in [0.29, 0.717) is 6.08 Å². The van der Waals surface area contributed by atoms with Crippen molar-refractivity contribution in [3.63, 3.8) is 0 Å². The minimum atomic E-state index is -7.12. The SMILES string of the molecule is C=CC(=O)OC1CCC(C(O)(C(F)(F)F)C(F)(F)F)(C(O)(C(F)(F)F)C(F)(F)F)CC1. The molecule has 0 radical (unpaired) electrons. The molecule has 0 heterocycles. The maximum atomic E-state index is 13.4. The largest absolute Gasteiger partial charge is 0.459 e. The van der Waals surface area contributed by atoms with Gasteiger partial charge in [-0.3, -0.25) is 0 Å². The molecule has 0 aromatic rings. The van der Waals surface area contributed by atoms with Crippen molar-refractivity contribution in [3.8, 4) is 0 Å². The Kier molecular flexibility index (Phi) is 6.79. The van der Waals surface area contributed by atoms with Gasteiger partial charge in [-0.15, -0.1) is 0 Å². The lowest BCUT2D eigenvalue weighted by Gasteiger charge is -2.58.